The fourth-order valence-corrected chi connectivity index (χ4v) is 7.69. The lowest BCUT2D eigenvalue weighted by atomic mass is 9.88. The Kier molecular flexibility index (Phi) is 9.97. The minimum atomic E-state index is -1.12. The Labute approximate surface area is 312 Å². The zero-order valence-corrected chi connectivity index (χ0v) is 30.9. The van der Waals surface area contributed by atoms with Crippen molar-refractivity contribution in [3.8, 4) is 11.5 Å². The number of hydrogen-bond acceptors (Lipinski definition) is 6. The van der Waals surface area contributed by atoms with Gasteiger partial charge in [0.15, 0.2) is 0 Å². The number of hydrogen-bond donors (Lipinski definition) is 0. The van der Waals surface area contributed by atoms with Gasteiger partial charge in [-0.2, -0.15) is 0 Å². The van der Waals surface area contributed by atoms with Crippen molar-refractivity contribution in [3.05, 3.63) is 155 Å². The first kappa shape index (κ1) is 35.3. The van der Waals surface area contributed by atoms with E-state index in [9.17, 15) is 0 Å². The summed E-state index contributed by atoms with van der Waals surface area (Å²) in [5.41, 5.74) is 4.72. The quantitative estimate of drug-likeness (QED) is 0.141. The first-order chi connectivity index (χ1) is 25.9. The topological polar surface area (TPSA) is 55.4 Å². The van der Waals surface area contributed by atoms with E-state index < -0.39 is 11.6 Å². The zero-order chi connectivity index (χ0) is 36.3. The predicted octanol–water partition coefficient (Wildman–Crippen LogP) is 10.3. The van der Waals surface area contributed by atoms with Crippen LogP contribution in [0.3, 0.4) is 0 Å². The van der Waals surface area contributed by atoms with Crippen molar-refractivity contribution in [2.24, 2.45) is 5.41 Å². The van der Waals surface area contributed by atoms with Gasteiger partial charge in [0.2, 0.25) is 11.6 Å². The largest absolute Gasteiger partial charge is 0.493 e. The summed E-state index contributed by atoms with van der Waals surface area (Å²) >= 11 is 0. The first-order valence-corrected chi connectivity index (χ1v) is 18.9. The second kappa shape index (κ2) is 15.0. The van der Waals surface area contributed by atoms with Gasteiger partial charge in [0.25, 0.3) is 0 Å². The normalized spacial score (nSPS) is 18.0. The fraction of sp³-hybridized carbons (Fsp3) is 0.319. The van der Waals surface area contributed by atoms with Gasteiger partial charge in [-0.3, -0.25) is 0 Å². The lowest BCUT2D eigenvalue weighted by molar-refractivity contribution is -0.284. The summed E-state index contributed by atoms with van der Waals surface area (Å²) in [5, 5.41) is 4.28. The molecular weight excluding hydrogens is 661 g/mol. The van der Waals surface area contributed by atoms with Crippen molar-refractivity contribution in [3.63, 3.8) is 0 Å². The molecule has 2 aliphatic rings. The third kappa shape index (κ3) is 6.81. The monoisotopic (exact) mass is 708 g/mol. The molecule has 0 spiro atoms. The Bertz CT molecular complexity index is 2160. The fourth-order valence-electron chi connectivity index (χ4n) is 7.69. The summed E-state index contributed by atoms with van der Waals surface area (Å²) in [5.74, 6) is -0.708. The Morgan fingerprint density at radius 1 is 0.547 bits per heavy atom. The summed E-state index contributed by atoms with van der Waals surface area (Å²) in [4.78, 5) is 0. The van der Waals surface area contributed by atoms with Crippen molar-refractivity contribution in [1.82, 2.24) is 0 Å². The minimum absolute atomic E-state index is 0.118. The number of rotatable bonds is 10. The third-order valence-electron chi connectivity index (χ3n) is 10.3. The van der Waals surface area contributed by atoms with E-state index in [2.05, 4.69) is 98.8 Å². The van der Waals surface area contributed by atoms with Crippen molar-refractivity contribution in [2.45, 2.75) is 51.6 Å². The van der Waals surface area contributed by atoms with Gasteiger partial charge in [0.1, 0.15) is 11.5 Å². The maximum atomic E-state index is 6.83. The van der Waals surface area contributed by atoms with Crippen molar-refractivity contribution in [1.29, 1.82) is 0 Å². The third-order valence-corrected chi connectivity index (χ3v) is 10.3. The van der Waals surface area contributed by atoms with Gasteiger partial charge in [-0.25, -0.2) is 0 Å². The molecule has 2 aliphatic heterocycles. The van der Waals surface area contributed by atoms with Gasteiger partial charge in [0.05, 0.1) is 50.8 Å². The summed E-state index contributed by atoms with van der Waals surface area (Å²) < 4.78 is 40.3. The van der Waals surface area contributed by atoms with Gasteiger partial charge in [-0.1, -0.05) is 129 Å². The van der Waals surface area contributed by atoms with Crippen LogP contribution in [-0.4, -0.2) is 39.6 Å². The van der Waals surface area contributed by atoms with Crippen LogP contribution in [0.25, 0.3) is 21.5 Å². The molecule has 6 nitrogen and oxygen atoms in total. The average molecular weight is 709 g/mol. The molecule has 0 unspecified atom stereocenters. The van der Waals surface area contributed by atoms with Crippen LogP contribution in [0.5, 0.6) is 11.5 Å². The van der Waals surface area contributed by atoms with Gasteiger partial charge in [-0.05, 0) is 59.0 Å². The second-order valence-electron chi connectivity index (χ2n) is 14.8. The number of fused-ring (bicyclic) bond motifs is 2. The summed E-state index contributed by atoms with van der Waals surface area (Å²) in [6.45, 7) is 9.61. The van der Waals surface area contributed by atoms with E-state index in [0.717, 1.165) is 73.7 Å². The van der Waals surface area contributed by atoms with E-state index in [1.165, 1.54) is 0 Å². The predicted molar refractivity (Wildman–Crippen MR) is 210 cm³/mol. The van der Waals surface area contributed by atoms with Crippen LogP contribution in [0.15, 0.2) is 127 Å². The highest BCUT2D eigenvalue weighted by molar-refractivity contribution is 5.90. The highest BCUT2D eigenvalue weighted by Crippen LogP contribution is 2.49. The van der Waals surface area contributed by atoms with E-state index in [1.807, 2.05) is 49.4 Å². The molecule has 6 aromatic rings. The molecule has 0 aromatic heterocycles. The number of ether oxygens (including phenoxy) is 6. The maximum absolute atomic E-state index is 6.83. The van der Waals surface area contributed by atoms with Crippen molar-refractivity contribution >= 4 is 21.5 Å². The Morgan fingerprint density at radius 2 is 1.08 bits per heavy atom. The first-order valence-electron chi connectivity index (χ1n) is 18.9. The Hall–Kier alpha value is -4.72. The standard InChI is InChI=1S/C47H48O6/c1-4-48-41-25-24-36-22-21-34(31-40(36)44(41)46(37-16-7-5-8-17-37)50-28-13-14-29-51-46)27-30-49-42-26-23-35-15-11-12-20-39(35)43(42)47(38-18-9-6-10-19-38)52-32-45(2,3)33-53-47/h5-12,15-26,31H,4,13-14,27-30,32-33H2,1-3H3. The Balaban J connectivity index is 1.18. The molecule has 0 radical (unpaired) electrons. The molecule has 272 valence electrons. The number of benzene rings is 6. The van der Waals surface area contributed by atoms with Crippen LogP contribution in [0.2, 0.25) is 0 Å². The SMILES string of the molecule is CCOc1ccc2ccc(CCOc3ccc4ccccc4c3C3(c4ccccc4)OCC(C)(C)CO3)cc2c1C1(c2ccccc2)OCCCCO1. The van der Waals surface area contributed by atoms with Crippen LogP contribution in [-0.2, 0) is 36.9 Å². The van der Waals surface area contributed by atoms with Gasteiger partial charge in [0, 0.05) is 23.0 Å². The van der Waals surface area contributed by atoms with Gasteiger partial charge >= 0.3 is 0 Å². The summed E-state index contributed by atoms with van der Waals surface area (Å²) in [7, 11) is 0. The van der Waals surface area contributed by atoms with E-state index >= 15 is 0 Å². The van der Waals surface area contributed by atoms with Crippen LogP contribution in [0.4, 0.5) is 0 Å². The van der Waals surface area contributed by atoms with Crippen LogP contribution in [0.1, 0.15) is 61.4 Å². The lowest BCUT2D eigenvalue weighted by Crippen LogP contribution is -2.46. The molecule has 6 heteroatoms. The second-order valence-corrected chi connectivity index (χ2v) is 14.8. The minimum Gasteiger partial charge on any atom is -0.493 e. The summed E-state index contributed by atoms with van der Waals surface area (Å²) in [6.07, 6.45) is 2.54. The molecule has 0 bridgehead atoms. The molecule has 2 heterocycles. The van der Waals surface area contributed by atoms with Crippen molar-refractivity contribution < 1.29 is 28.4 Å². The molecule has 0 atom stereocenters. The average Bonchev–Trinajstić information content (AvgIpc) is 3.46. The molecular formula is C47H48O6. The molecule has 0 amide bonds. The highest BCUT2D eigenvalue weighted by atomic mass is 16.7. The molecule has 53 heavy (non-hydrogen) atoms. The van der Waals surface area contributed by atoms with E-state index in [0.29, 0.717) is 46.1 Å². The molecule has 0 aliphatic carbocycles. The molecule has 2 fully saturated rings. The maximum Gasteiger partial charge on any atom is 0.226 e. The van der Waals surface area contributed by atoms with Gasteiger partial charge < -0.3 is 28.4 Å². The van der Waals surface area contributed by atoms with E-state index in [4.69, 9.17) is 28.4 Å². The van der Waals surface area contributed by atoms with Crippen molar-refractivity contribution in [2.75, 3.05) is 39.6 Å². The lowest BCUT2D eigenvalue weighted by Gasteiger charge is -2.44. The summed E-state index contributed by atoms with van der Waals surface area (Å²) in [6, 6.07) is 43.9. The molecule has 0 saturated carbocycles. The molecule has 6 aromatic carbocycles. The van der Waals surface area contributed by atoms with E-state index in [-0.39, 0.29) is 5.41 Å². The van der Waals surface area contributed by atoms with Crippen LogP contribution >= 0.6 is 0 Å². The van der Waals surface area contributed by atoms with Gasteiger partial charge in [-0.15, -0.1) is 0 Å². The molecule has 0 N–H and O–H groups in total. The smallest absolute Gasteiger partial charge is 0.226 e. The van der Waals surface area contributed by atoms with Crippen LogP contribution < -0.4 is 9.47 Å². The van der Waals surface area contributed by atoms with E-state index in [1.54, 1.807) is 0 Å². The molecule has 8 rings (SSSR count). The van der Waals surface area contributed by atoms with Crippen LogP contribution in [0, 0.1) is 5.41 Å². The highest BCUT2D eigenvalue weighted by Gasteiger charge is 2.47. The Morgan fingerprint density at radius 3 is 1.72 bits per heavy atom. The molecule has 2 saturated heterocycles. The zero-order valence-electron chi connectivity index (χ0n) is 30.9.